The lowest BCUT2D eigenvalue weighted by atomic mass is 10.1. The Hall–Kier alpha value is -4.34. The van der Waals surface area contributed by atoms with Gasteiger partial charge in [0.15, 0.2) is 5.82 Å². The molecule has 2 aromatic heterocycles. The highest BCUT2D eigenvalue weighted by molar-refractivity contribution is 7.99. The molecule has 10 nitrogen and oxygen atoms in total. The fourth-order valence-electron chi connectivity index (χ4n) is 3.35. The summed E-state index contributed by atoms with van der Waals surface area (Å²) in [5, 5.41) is 16.4. The molecule has 0 atom stereocenters. The zero-order chi connectivity index (χ0) is 27.1. The Morgan fingerprint density at radius 2 is 1.84 bits per heavy atom. The van der Waals surface area contributed by atoms with E-state index in [0.717, 1.165) is 11.3 Å². The molecule has 2 N–H and O–H groups in total. The third-order valence-electron chi connectivity index (χ3n) is 5.25. The first-order valence-electron chi connectivity index (χ1n) is 11.3. The van der Waals surface area contributed by atoms with Crippen molar-refractivity contribution in [2.24, 2.45) is 0 Å². The van der Waals surface area contributed by atoms with Crippen molar-refractivity contribution >= 4 is 39.2 Å². The Kier molecular flexibility index (Phi) is 8.30. The monoisotopic (exact) mass is 549 g/mol. The largest absolute Gasteiger partial charge is 0.497 e. The van der Waals surface area contributed by atoms with Gasteiger partial charge in [0.1, 0.15) is 22.6 Å². The van der Waals surface area contributed by atoms with Crippen LogP contribution in [0.15, 0.2) is 81.2 Å². The van der Waals surface area contributed by atoms with Crippen molar-refractivity contribution in [1.82, 2.24) is 10.1 Å². The number of hydrogen-bond donors (Lipinski definition) is 2. The lowest BCUT2D eigenvalue weighted by Gasteiger charge is -2.09. The molecule has 0 radical (unpaired) electrons. The van der Waals surface area contributed by atoms with Gasteiger partial charge in [0, 0.05) is 29.5 Å². The van der Waals surface area contributed by atoms with Gasteiger partial charge in [-0.05, 0) is 67.6 Å². The molecule has 12 heteroatoms. The molecule has 0 unspecified atom stereocenters. The number of pyridine rings is 1. The molecule has 4 aromatic rings. The van der Waals surface area contributed by atoms with Gasteiger partial charge >= 0.3 is 0 Å². The summed E-state index contributed by atoms with van der Waals surface area (Å²) in [5.41, 5.74) is 2.47. The van der Waals surface area contributed by atoms with E-state index in [1.165, 1.54) is 42.1 Å². The standard InChI is InChI=1S/C26H23N5O5S2/c1-17-15-24(30-36-17)31-38(33,34)22-10-6-20(7-11-22)28-25(32)13-14-37-26-19(16-27)5-12-23(29-26)18-3-8-21(35-2)9-4-18/h3-12,15H,13-14H2,1-2H3,(H,28,32)(H,30,31). The van der Waals surface area contributed by atoms with Crippen LogP contribution in [0.4, 0.5) is 11.5 Å². The van der Waals surface area contributed by atoms with Gasteiger partial charge < -0.3 is 14.6 Å². The van der Waals surface area contributed by atoms with Gasteiger partial charge in [-0.1, -0.05) is 5.16 Å². The van der Waals surface area contributed by atoms with Crippen LogP contribution in [0.5, 0.6) is 5.75 Å². The smallest absolute Gasteiger partial charge is 0.263 e. The zero-order valence-electron chi connectivity index (χ0n) is 20.5. The Labute approximate surface area is 224 Å². The van der Waals surface area contributed by atoms with Crippen molar-refractivity contribution in [2.75, 3.05) is 22.9 Å². The lowest BCUT2D eigenvalue weighted by Crippen LogP contribution is -2.14. The van der Waals surface area contributed by atoms with Crippen LogP contribution in [0.1, 0.15) is 17.7 Å². The second-order valence-corrected chi connectivity index (χ2v) is 10.8. The first-order valence-corrected chi connectivity index (χ1v) is 13.8. The summed E-state index contributed by atoms with van der Waals surface area (Å²) in [4.78, 5) is 17.1. The topological polar surface area (TPSA) is 147 Å². The summed E-state index contributed by atoms with van der Waals surface area (Å²) in [6.45, 7) is 1.65. The molecule has 1 amide bonds. The molecule has 4 rings (SSSR count). The lowest BCUT2D eigenvalue weighted by molar-refractivity contribution is -0.115. The summed E-state index contributed by atoms with van der Waals surface area (Å²) in [6, 6.07) is 20.3. The number of benzene rings is 2. The third kappa shape index (κ3) is 6.70. The predicted molar refractivity (Wildman–Crippen MR) is 143 cm³/mol. The number of ether oxygens (including phenoxy) is 1. The van der Waals surface area contributed by atoms with E-state index in [-0.39, 0.29) is 23.0 Å². The molecular weight excluding hydrogens is 526 g/mol. The fourth-order valence-corrected chi connectivity index (χ4v) is 5.25. The van der Waals surface area contributed by atoms with Crippen LogP contribution in [-0.2, 0) is 14.8 Å². The van der Waals surface area contributed by atoms with Crippen LogP contribution in [0.2, 0.25) is 0 Å². The van der Waals surface area contributed by atoms with Crippen molar-refractivity contribution in [3.8, 4) is 23.1 Å². The van der Waals surface area contributed by atoms with E-state index in [0.29, 0.717) is 33.5 Å². The number of carbonyl (C=O) groups is 1. The minimum absolute atomic E-state index is 0.0126. The minimum Gasteiger partial charge on any atom is -0.497 e. The first-order chi connectivity index (χ1) is 18.3. The Balaban J connectivity index is 1.33. The Morgan fingerprint density at radius 1 is 1.11 bits per heavy atom. The highest BCUT2D eigenvalue weighted by Crippen LogP contribution is 2.27. The van der Waals surface area contributed by atoms with Crippen molar-refractivity contribution in [2.45, 2.75) is 23.3 Å². The number of nitrogens with one attached hydrogen (secondary N) is 2. The number of anilines is 2. The fraction of sp³-hybridized carbons (Fsp3) is 0.154. The number of aryl methyl sites for hydroxylation is 1. The van der Waals surface area contributed by atoms with E-state index in [4.69, 9.17) is 9.26 Å². The van der Waals surface area contributed by atoms with Crippen molar-refractivity contribution in [3.05, 3.63) is 78.1 Å². The number of sulfonamides is 1. The summed E-state index contributed by atoms with van der Waals surface area (Å²) < 4.78 is 37.4. The van der Waals surface area contributed by atoms with Crippen LogP contribution < -0.4 is 14.8 Å². The van der Waals surface area contributed by atoms with E-state index < -0.39 is 10.0 Å². The van der Waals surface area contributed by atoms with Crippen LogP contribution in [-0.4, -0.2) is 37.3 Å². The van der Waals surface area contributed by atoms with Gasteiger partial charge in [0.25, 0.3) is 10.0 Å². The molecule has 38 heavy (non-hydrogen) atoms. The van der Waals surface area contributed by atoms with E-state index in [1.54, 1.807) is 26.2 Å². The number of nitrogens with zero attached hydrogens (tertiary/aromatic N) is 3. The van der Waals surface area contributed by atoms with E-state index in [9.17, 15) is 18.5 Å². The summed E-state index contributed by atoms with van der Waals surface area (Å²) >= 11 is 1.32. The molecule has 194 valence electrons. The molecule has 0 aliphatic carbocycles. The highest BCUT2D eigenvalue weighted by atomic mass is 32.2. The molecule has 2 aromatic carbocycles. The van der Waals surface area contributed by atoms with Gasteiger partial charge in [0.05, 0.1) is 23.3 Å². The van der Waals surface area contributed by atoms with E-state index >= 15 is 0 Å². The van der Waals surface area contributed by atoms with E-state index in [2.05, 4.69) is 26.2 Å². The summed E-state index contributed by atoms with van der Waals surface area (Å²) in [7, 11) is -2.26. The second-order valence-electron chi connectivity index (χ2n) is 7.99. The molecule has 0 aliphatic rings. The van der Waals surface area contributed by atoms with Gasteiger partial charge in [-0.2, -0.15) is 5.26 Å². The number of thioether (sulfide) groups is 1. The number of nitriles is 1. The first kappa shape index (κ1) is 26.7. The average molecular weight is 550 g/mol. The molecule has 0 fully saturated rings. The van der Waals surface area contributed by atoms with Crippen molar-refractivity contribution in [1.29, 1.82) is 5.26 Å². The zero-order valence-corrected chi connectivity index (χ0v) is 22.1. The molecule has 2 heterocycles. The van der Waals surface area contributed by atoms with Crippen LogP contribution >= 0.6 is 11.8 Å². The SMILES string of the molecule is COc1ccc(-c2ccc(C#N)c(SCCC(=O)Nc3ccc(S(=O)(=O)Nc4cc(C)on4)cc3)n2)cc1. The molecule has 0 saturated heterocycles. The van der Waals surface area contributed by atoms with Crippen LogP contribution in [0.25, 0.3) is 11.3 Å². The quantitative estimate of drug-likeness (QED) is 0.265. The van der Waals surface area contributed by atoms with Crippen molar-refractivity contribution in [3.63, 3.8) is 0 Å². The summed E-state index contributed by atoms with van der Waals surface area (Å²) in [5.74, 6) is 1.43. The number of aromatic nitrogens is 2. The van der Waals surface area contributed by atoms with Crippen LogP contribution in [0, 0.1) is 18.3 Å². The number of rotatable bonds is 10. The molecule has 0 bridgehead atoms. The predicted octanol–water partition coefficient (Wildman–Crippen LogP) is 4.85. The van der Waals surface area contributed by atoms with Crippen molar-refractivity contribution < 1.29 is 22.5 Å². The Bertz CT molecular complexity index is 1580. The van der Waals surface area contributed by atoms with E-state index in [1.807, 2.05) is 24.3 Å². The maximum absolute atomic E-state index is 12.5. The molecule has 0 saturated carbocycles. The van der Waals surface area contributed by atoms with Crippen LogP contribution in [0.3, 0.4) is 0 Å². The molecular formula is C26H23N5O5S2. The van der Waals surface area contributed by atoms with Gasteiger partial charge in [-0.15, -0.1) is 11.8 Å². The number of carbonyl (C=O) groups excluding carboxylic acids is 1. The van der Waals surface area contributed by atoms with Gasteiger partial charge in [-0.3, -0.25) is 9.52 Å². The summed E-state index contributed by atoms with van der Waals surface area (Å²) in [6.07, 6.45) is 0.164. The third-order valence-corrected chi connectivity index (χ3v) is 7.61. The maximum atomic E-state index is 12.5. The molecule has 0 aliphatic heterocycles. The normalized spacial score (nSPS) is 11.0. The second kappa shape index (κ2) is 11.8. The van der Waals surface area contributed by atoms with Gasteiger partial charge in [-0.25, -0.2) is 13.4 Å². The van der Waals surface area contributed by atoms with Gasteiger partial charge in [0.2, 0.25) is 5.91 Å². The molecule has 0 spiro atoms. The minimum atomic E-state index is -3.85. The highest BCUT2D eigenvalue weighted by Gasteiger charge is 2.16. The Morgan fingerprint density at radius 3 is 2.47 bits per heavy atom. The number of amides is 1. The number of methoxy groups -OCH3 is 1. The number of hydrogen-bond acceptors (Lipinski definition) is 9. The average Bonchev–Trinajstić information content (AvgIpc) is 3.32. The maximum Gasteiger partial charge on any atom is 0.263 e.